The number of ether oxygens (including phenoxy) is 1. The van der Waals surface area contributed by atoms with Crippen LogP contribution in [0.15, 0.2) is 24.3 Å². The highest BCUT2D eigenvalue weighted by molar-refractivity contribution is 5.32. The van der Waals surface area contributed by atoms with Crippen molar-refractivity contribution in [1.82, 2.24) is 0 Å². The van der Waals surface area contributed by atoms with Crippen LogP contribution in [0.2, 0.25) is 0 Å². The van der Waals surface area contributed by atoms with Crippen molar-refractivity contribution in [2.45, 2.75) is 32.2 Å². The third kappa shape index (κ3) is 3.41. The zero-order valence-corrected chi connectivity index (χ0v) is 9.01. The van der Waals surface area contributed by atoms with Crippen LogP contribution in [0.1, 0.15) is 25.8 Å². The molecule has 1 atom stereocenters. The normalized spacial score (nSPS) is 15.6. The number of benzene rings is 1. The zero-order chi connectivity index (χ0) is 12.4. The van der Waals surface area contributed by atoms with E-state index in [0.717, 1.165) is 0 Å². The molecular weight excluding hydrogens is 221 g/mol. The Bertz CT molecular complexity index is 358. The molecule has 1 rings (SSSR count). The number of rotatable bonds is 3. The lowest BCUT2D eigenvalue weighted by molar-refractivity contribution is -0.274. The first-order valence-corrected chi connectivity index (χ1v) is 4.83. The summed E-state index contributed by atoms with van der Waals surface area (Å²) in [4.78, 5) is 0. The third-order valence-corrected chi connectivity index (χ3v) is 2.38. The number of hydrogen-bond donors (Lipinski definition) is 1. The van der Waals surface area contributed by atoms with E-state index in [1.807, 2.05) is 0 Å². The maximum atomic E-state index is 12.0. The summed E-state index contributed by atoms with van der Waals surface area (Å²) in [5.74, 6) is -0.321. The minimum Gasteiger partial charge on any atom is -0.406 e. The van der Waals surface area contributed by atoms with Gasteiger partial charge in [-0.3, -0.25) is 0 Å². The summed E-state index contributed by atoms with van der Waals surface area (Å²) in [6, 6.07) is 5.37. The van der Waals surface area contributed by atoms with Crippen molar-refractivity contribution in [1.29, 1.82) is 0 Å². The second-order valence-corrected chi connectivity index (χ2v) is 3.70. The van der Waals surface area contributed by atoms with Crippen molar-refractivity contribution in [3.05, 3.63) is 29.8 Å². The quantitative estimate of drug-likeness (QED) is 0.870. The first-order chi connectivity index (χ1) is 7.24. The molecule has 0 aromatic heterocycles. The second-order valence-electron chi connectivity index (χ2n) is 3.70. The molecule has 1 N–H and O–H groups in total. The summed E-state index contributed by atoms with van der Waals surface area (Å²) in [5.41, 5.74) is -0.748. The molecule has 0 radical (unpaired) electrons. The molecule has 0 aliphatic carbocycles. The lowest BCUT2D eigenvalue weighted by Gasteiger charge is -2.22. The standard InChI is InChI=1S/C11H13F3O2/c1-3-10(2,15)8-5-4-6-9(7-8)16-11(12,13)14/h4-7,15H,3H2,1-2H3. The monoisotopic (exact) mass is 234 g/mol. The van der Waals surface area contributed by atoms with E-state index in [2.05, 4.69) is 4.74 Å². The smallest absolute Gasteiger partial charge is 0.406 e. The van der Waals surface area contributed by atoms with Gasteiger partial charge in [0.15, 0.2) is 0 Å². The highest BCUT2D eigenvalue weighted by atomic mass is 19.4. The van der Waals surface area contributed by atoms with Crippen molar-refractivity contribution < 1.29 is 23.0 Å². The summed E-state index contributed by atoms with van der Waals surface area (Å²) in [7, 11) is 0. The summed E-state index contributed by atoms with van der Waals surface area (Å²) < 4.78 is 39.7. The van der Waals surface area contributed by atoms with Gasteiger partial charge in [-0.2, -0.15) is 0 Å². The Kier molecular flexibility index (Phi) is 3.48. The molecule has 1 unspecified atom stereocenters. The topological polar surface area (TPSA) is 29.5 Å². The molecule has 0 saturated carbocycles. The van der Waals surface area contributed by atoms with Gasteiger partial charge in [-0.15, -0.1) is 13.2 Å². The van der Waals surface area contributed by atoms with Crippen LogP contribution >= 0.6 is 0 Å². The maximum absolute atomic E-state index is 12.0. The Morgan fingerprint density at radius 2 is 1.94 bits per heavy atom. The predicted molar refractivity (Wildman–Crippen MR) is 53.0 cm³/mol. The number of aliphatic hydroxyl groups is 1. The molecule has 0 bridgehead atoms. The van der Waals surface area contributed by atoms with Crippen LogP contribution in [0.3, 0.4) is 0 Å². The SMILES string of the molecule is CCC(C)(O)c1cccc(OC(F)(F)F)c1. The molecule has 0 saturated heterocycles. The van der Waals surface area contributed by atoms with Gasteiger partial charge in [0, 0.05) is 0 Å². The predicted octanol–water partition coefficient (Wildman–Crippen LogP) is 3.20. The summed E-state index contributed by atoms with van der Waals surface area (Å²) in [6.45, 7) is 3.29. The van der Waals surface area contributed by atoms with Crippen LogP contribution in [-0.4, -0.2) is 11.5 Å². The lowest BCUT2D eigenvalue weighted by Crippen LogP contribution is -2.21. The van der Waals surface area contributed by atoms with E-state index in [0.29, 0.717) is 12.0 Å². The second kappa shape index (κ2) is 4.33. The number of alkyl halides is 3. The van der Waals surface area contributed by atoms with E-state index in [9.17, 15) is 18.3 Å². The van der Waals surface area contributed by atoms with E-state index in [1.165, 1.54) is 18.2 Å². The molecule has 0 spiro atoms. The molecule has 1 aromatic rings. The molecule has 90 valence electrons. The van der Waals surface area contributed by atoms with Crippen LogP contribution in [0, 0.1) is 0 Å². The molecule has 16 heavy (non-hydrogen) atoms. The van der Waals surface area contributed by atoms with Gasteiger partial charge in [0.2, 0.25) is 0 Å². The van der Waals surface area contributed by atoms with Gasteiger partial charge in [0.1, 0.15) is 5.75 Å². The van der Waals surface area contributed by atoms with Crippen LogP contribution in [0.25, 0.3) is 0 Å². The Hall–Kier alpha value is -1.23. The molecule has 0 aliphatic rings. The first kappa shape index (κ1) is 12.8. The van der Waals surface area contributed by atoms with Gasteiger partial charge in [0.05, 0.1) is 5.60 Å². The molecule has 0 aliphatic heterocycles. The maximum Gasteiger partial charge on any atom is 0.573 e. The Labute approximate surface area is 91.7 Å². The Morgan fingerprint density at radius 3 is 2.44 bits per heavy atom. The van der Waals surface area contributed by atoms with Crippen molar-refractivity contribution >= 4 is 0 Å². The highest BCUT2D eigenvalue weighted by Crippen LogP contribution is 2.29. The van der Waals surface area contributed by atoms with Crippen LogP contribution < -0.4 is 4.74 Å². The highest BCUT2D eigenvalue weighted by Gasteiger charge is 2.31. The summed E-state index contributed by atoms with van der Waals surface area (Å²) >= 11 is 0. The third-order valence-electron chi connectivity index (χ3n) is 2.38. The zero-order valence-electron chi connectivity index (χ0n) is 9.01. The molecular formula is C11H13F3O2. The van der Waals surface area contributed by atoms with Crippen molar-refractivity contribution in [2.75, 3.05) is 0 Å². The fourth-order valence-corrected chi connectivity index (χ4v) is 1.23. The van der Waals surface area contributed by atoms with Crippen molar-refractivity contribution in [2.24, 2.45) is 0 Å². The van der Waals surface area contributed by atoms with E-state index in [-0.39, 0.29) is 5.75 Å². The average Bonchev–Trinajstić information content (AvgIpc) is 2.15. The van der Waals surface area contributed by atoms with Gasteiger partial charge in [0.25, 0.3) is 0 Å². The van der Waals surface area contributed by atoms with Crippen LogP contribution in [-0.2, 0) is 5.60 Å². The molecule has 0 fully saturated rings. The minimum absolute atomic E-state index is 0.321. The molecule has 5 heteroatoms. The number of hydrogen-bond acceptors (Lipinski definition) is 2. The molecule has 0 heterocycles. The van der Waals surface area contributed by atoms with Crippen LogP contribution in [0.4, 0.5) is 13.2 Å². The lowest BCUT2D eigenvalue weighted by atomic mass is 9.93. The summed E-state index contributed by atoms with van der Waals surface area (Å²) in [6.07, 6.45) is -4.31. The summed E-state index contributed by atoms with van der Waals surface area (Å²) in [5, 5.41) is 9.88. The Balaban J connectivity index is 2.96. The van der Waals surface area contributed by atoms with Gasteiger partial charge in [-0.05, 0) is 31.0 Å². The van der Waals surface area contributed by atoms with Gasteiger partial charge in [-0.1, -0.05) is 19.1 Å². The average molecular weight is 234 g/mol. The van der Waals surface area contributed by atoms with E-state index >= 15 is 0 Å². The number of halogens is 3. The Morgan fingerprint density at radius 1 is 1.31 bits per heavy atom. The van der Waals surface area contributed by atoms with Gasteiger partial charge in [-0.25, -0.2) is 0 Å². The minimum atomic E-state index is -4.71. The van der Waals surface area contributed by atoms with Gasteiger partial charge >= 0.3 is 6.36 Å². The fourth-order valence-electron chi connectivity index (χ4n) is 1.23. The van der Waals surface area contributed by atoms with Crippen molar-refractivity contribution in [3.63, 3.8) is 0 Å². The van der Waals surface area contributed by atoms with E-state index in [1.54, 1.807) is 19.9 Å². The van der Waals surface area contributed by atoms with Crippen molar-refractivity contribution in [3.8, 4) is 5.75 Å². The molecule has 2 nitrogen and oxygen atoms in total. The first-order valence-electron chi connectivity index (χ1n) is 4.83. The van der Waals surface area contributed by atoms with Crippen LogP contribution in [0.5, 0.6) is 5.75 Å². The largest absolute Gasteiger partial charge is 0.573 e. The van der Waals surface area contributed by atoms with E-state index < -0.39 is 12.0 Å². The fraction of sp³-hybridized carbons (Fsp3) is 0.455. The molecule has 1 aromatic carbocycles. The van der Waals surface area contributed by atoms with Gasteiger partial charge < -0.3 is 9.84 Å². The van der Waals surface area contributed by atoms with E-state index in [4.69, 9.17) is 0 Å². The molecule has 0 amide bonds.